The summed E-state index contributed by atoms with van der Waals surface area (Å²) in [5.41, 5.74) is 3.92. The third-order valence-electron chi connectivity index (χ3n) is 6.71. The predicted octanol–water partition coefficient (Wildman–Crippen LogP) is 3.25. The fourth-order valence-corrected chi connectivity index (χ4v) is 5.34. The van der Waals surface area contributed by atoms with E-state index in [0.29, 0.717) is 17.7 Å². The quantitative estimate of drug-likeness (QED) is 0.862. The highest BCUT2D eigenvalue weighted by molar-refractivity contribution is 5.85. The number of hydrogen-bond donors (Lipinski definition) is 1. The van der Waals surface area contributed by atoms with Crippen LogP contribution in [0.3, 0.4) is 0 Å². The number of fused-ring (bicyclic) bond motifs is 2. The molecule has 0 unspecified atom stereocenters. The number of halogens is 1. The van der Waals surface area contributed by atoms with Gasteiger partial charge < -0.3 is 15.0 Å². The molecule has 3 aliphatic rings. The number of ether oxygens (including phenoxy) is 1. The average molecular weight is 399 g/mol. The Kier molecular flexibility index (Phi) is 5.35. The van der Waals surface area contributed by atoms with E-state index < -0.39 is 0 Å². The van der Waals surface area contributed by atoms with Gasteiger partial charge >= 0.3 is 0 Å². The largest absolute Gasteiger partial charge is 0.497 e. The Morgan fingerprint density at radius 1 is 1.04 bits per heavy atom. The molecule has 5 heteroatoms. The molecule has 0 aromatic heterocycles. The molecule has 0 bridgehead atoms. The molecule has 1 amide bonds. The van der Waals surface area contributed by atoms with E-state index in [2.05, 4.69) is 46.6 Å². The fourth-order valence-electron chi connectivity index (χ4n) is 5.34. The highest BCUT2D eigenvalue weighted by Gasteiger charge is 2.48. The lowest BCUT2D eigenvalue weighted by atomic mass is 9.89. The number of benzene rings is 2. The van der Waals surface area contributed by atoms with Crippen molar-refractivity contribution in [2.45, 2.75) is 18.9 Å². The Hall–Kier alpha value is -2.04. The number of nitrogens with zero attached hydrogens (tertiary/aromatic N) is 1. The first-order valence-corrected chi connectivity index (χ1v) is 9.96. The molecule has 148 valence electrons. The van der Waals surface area contributed by atoms with E-state index in [1.165, 1.54) is 16.7 Å². The second kappa shape index (κ2) is 7.76. The van der Waals surface area contributed by atoms with E-state index in [1.807, 2.05) is 12.1 Å². The van der Waals surface area contributed by atoms with Gasteiger partial charge in [-0.1, -0.05) is 36.4 Å². The lowest BCUT2D eigenvalue weighted by Gasteiger charge is -2.30. The number of methoxy groups -OCH3 is 1. The molecule has 2 aliphatic heterocycles. The zero-order valence-electron chi connectivity index (χ0n) is 16.1. The minimum atomic E-state index is 0. The van der Waals surface area contributed by atoms with Crippen molar-refractivity contribution in [1.82, 2.24) is 10.2 Å². The van der Waals surface area contributed by atoms with Gasteiger partial charge in [0.2, 0.25) is 5.91 Å². The summed E-state index contributed by atoms with van der Waals surface area (Å²) in [5, 5.41) is 3.53. The first-order chi connectivity index (χ1) is 13.2. The number of carbonyl (C=O) groups excluding carboxylic acids is 1. The molecule has 4 nitrogen and oxygen atoms in total. The minimum absolute atomic E-state index is 0. The molecule has 2 aromatic rings. The molecule has 0 radical (unpaired) electrons. The van der Waals surface area contributed by atoms with Gasteiger partial charge in [-0.3, -0.25) is 4.79 Å². The molecule has 2 fully saturated rings. The molecule has 2 heterocycles. The second-order valence-electron chi connectivity index (χ2n) is 8.16. The Bertz CT molecular complexity index is 829. The molecule has 5 rings (SSSR count). The second-order valence-corrected chi connectivity index (χ2v) is 8.16. The van der Waals surface area contributed by atoms with Gasteiger partial charge in [-0.05, 0) is 47.6 Å². The first kappa shape index (κ1) is 19.3. The molecular weight excluding hydrogens is 372 g/mol. The van der Waals surface area contributed by atoms with Crippen LogP contribution in [0, 0.1) is 17.8 Å². The Morgan fingerprint density at radius 2 is 1.71 bits per heavy atom. The van der Waals surface area contributed by atoms with Crippen molar-refractivity contribution in [3.8, 4) is 5.75 Å². The van der Waals surface area contributed by atoms with E-state index >= 15 is 0 Å². The molecule has 2 aromatic carbocycles. The maximum absolute atomic E-state index is 13.5. The van der Waals surface area contributed by atoms with Crippen LogP contribution in [0.15, 0.2) is 48.5 Å². The molecular formula is C23H27ClN2O2. The zero-order chi connectivity index (χ0) is 18.4. The van der Waals surface area contributed by atoms with Gasteiger partial charge in [0, 0.05) is 31.5 Å². The van der Waals surface area contributed by atoms with E-state index in [-0.39, 0.29) is 24.4 Å². The van der Waals surface area contributed by atoms with E-state index in [9.17, 15) is 4.79 Å². The normalized spacial score (nSPS) is 25.9. The molecule has 1 aliphatic carbocycles. The SMILES string of the molecule is COc1ccc([C@@H]2[C@H]3CNC[C@H]3CN2C(=O)C2Cc3ccccc3C2)cc1.Cl. The maximum Gasteiger partial charge on any atom is 0.226 e. The monoisotopic (exact) mass is 398 g/mol. The van der Waals surface area contributed by atoms with Crippen LogP contribution >= 0.6 is 12.4 Å². The van der Waals surface area contributed by atoms with Crippen LogP contribution in [0.25, 0.3) is 0 Å². The van der Waals surface area contributed by atoms with Gasteiger partial charge in [0.15, 0.2) is 0 Å². The molecule has 0 spiro atoms. The first-order valence-electron chi connectivity index (χ1n) is 9.96. The van der Waals surface area contributed by atoms with Crippen molar-refractivity contribution in [1.29, 1.82) is 0 Å². The summed E-state index contributed by atoms with van der Waals surface area (Å²) in [6.45, 7) is 2.89. The smallest absolute Gasteiger partial charge is 0.226 e. The van der Waals surface area contributed by atoms with E-state index in [1.54, 1.807) is 7.11 Å². The van der Waals surface area contributed by atoms with Crippen molar-refractivity contribution in [2.24, 2.45) is 17.8 Å². The van der Waals surface area contributed by atoms with Gasteiger partial charge in [-0.25, -0.2) is 0 Å². The van der Waals surface area contributed by atoms with Gasteiger partial charge in [0.05, 0.1) is 13.2 Å². The highest BCUT2D eigenvalue weighted by atomic mass is 35.5. The van der Waals surface area contributed by atoms with E-state index in [0.717, 1.165) is 38.2 Å². The third kappa shape index (κ3) is 3.19. The predicted molar refractivity (Wildman–Crippen MR) is 112 cm³/mol. The van der Waals surface area contributed by atoms with Crippen LogP contribution in [-0.2, 0) is 17.6 Å². The standard InChI is InChI=1S/C23H26N2O2.ClH/c1-27-20-8-6-15(7-9-20)22-21-13-24-12-19(21)14-25(22)23(26)18-10-16-4-2-3-5-17(16)11-18;/h2-9,18-19,21-22,24H,10-14H2,1H3;1H/t19-,21-,22+;/m0./s1. The van der Waals surface area contributed by atoms with Crippen molar-refractivity contribution in [3.05, 3.63) is 65.2 Å². The van der Waals surface area contributed by atoms with Gasteiger partial charge in [-0.15, -0.1) is 12.4 Å². The van der Waals surface area contributed by atoms with Crippen molar-refractivity contribution < 1.29 is 9.53 Å². The summed E-state index contributed by atoms with van der Waals surface area (Å²) in [5.74, 6) is 2.36. The number of hydrogen-bond acceptors (Lipinski definition) is 3. The number of amides is 1. The topological polar surface area (TPSA) is 41.6 Å². The molecule has 1 N–H and O–H groups in total. The number of nitrogens with one attached hydrogen (secondary N) is 1. The summed E-state index contributed by atoms with van der Waals surface area (Å²) >= 11 is 0. The van der Waals surface area contributed by atoms with Crippen LogP contribution in [0.5, 0.6) is 5.75 Å². The Labute approximate surface area is 172 Å². The Morgan fingerprint density at radius 3 is 2.36 bits per heavy atom. The lowest BCUT2D eigenvalue weighted by molar-refractivity contribution is -0.136. The van der Waals surface area contributed by atoms with Crippen LogP contribution in [0.1, 0.15) is 22.7 Å². The molecule has 3 atom stereocenters. The van der Waals surface area contributed by atoms with Crippen molar-refractivity contribution >= 4 is 18.3 Å². The van der Waals surface area contributed by atoms with Crippen LogP contribution < -0.4 is 10.1 Å². The molecule has 2 saturated heterocycles. The summed E-state index contributed by atoms with van der Waals surface area (Å²) in [6.07, 6.45) is 1.77. The van der Waals surface area contributed by atoms with Gasteiger partial charge in [-0.2, -0.15) is 0 Å². The molecule has 28 heavy (non-hydrogen) atoms. The number of likely N-dealkylation sites (tertiary alicyclic amines) is 1. The fraction of sp³-hybridized carbons (Fsp3) is 0.435. The van der Waals surface area contributed by atoms with Crippen LogP contribution in [0.2, 0.25) is 0 Å². The number of carbonyl (C=O) groups is 1. The maximum atomic E-state index is 13.5. The summed E-state index contributed by atoms with van der Waals surface area (Å²) in [6, 6.07) is 17.0. The summed E-state index contributed by atoms with van der Waals surface area (Å²) in [4.78, 5) is 15.7. The van der Waals surface area contributed by atoms with Crippen LogP contribution in [-0.4, -0.2) is 37.6 Å². The Balaban J connectivity index is 0.00000192. The van der Waals surface area contributed by atoms with E-state index in [4.69, 9.17) is 4.74 Å². The summed E-state index contributed by atoms with van der Waals surface area (Å²) in [7, 11) is 1.69. The van der Waals surface area contributed by atoms with Crippen LogP contribution in [0.4, 0.5) is 0 Å². The average Bonchev–Trinajstić information content (AvgIpc) is 3.41. The minimum Gasteiger partial charge on any atom is -0.497 e. The highest BCUT2D eigenvalue weighted by Crippen LogP contribution is 2.44. The zero-order valence-corrected chi connectivity index (χ0v) is 17.0. The number of rotatable bonds is 3. The van der Waals surface area contributed by atoms with Gasteiger partial charge in [0.1, 0.15) is 5.75 Å². The lowest BCUT2D eigenvalue weighted by Crippen LogP contribution is -2.39. The van der Waals surface area contributed by atoms with Gasteiger partial charge in [0.25, 0.3) is 0 Å². The summed E-state index contributed by atoms with van der Waals surface area (Å²) < 4.78 is 5.32. The van der Waals surface area contributed by atoms with Crippen molar-refractivity contribution in [2.75, 3.05) is 26.7 Å². The molecule has 0 saturated carbocycles. The third-order valence-corrected chi connectivity index (χ3v) is 6.71. The van der Waals surface area contributed by atoms with Crippen molar-refractivity contribution in [3.63, 3.8) is 0 Å².